The molecule has 3 aromatic heterocycles. The van der Waals surface area contributed by atoms with Crippen molar-refractivity contribution in [1.82, 2.24) is 14.6 Å². The van der Waals surface area contributed by atoms with E-state index in [1.54, 1.807) is 16.8 Å². The van der Waals surface area contributed by atoms with Gasteiger partial charge in [0.15, 0.2) is 11.4 Å². The van der Waals surface area contributed by atoms with Crippen LogP contribution in [0.5, 0.6) is 5.88 Å². The van der Waals surface area contributed by atoms with Crippen molar-refractivity contribution in [3.63, 3.8) is 0 Å². The highest BCUT2D eigenvalue weighted by Gasteiger charge is 2.18. The van der Waals surface area contributed by atoms with E-state index in [0.29, 0.717) is 24.8 Å². The van der Waals surface area contributed by atoms with Crippen LogP contribution in [0.3, 0.4) is 0 Å². The first kappa shape index (κ1) is 17.0. The fourth-order valence-corrected chi connectivity index (χ4v) is 3.52. The van der Waals surface area contributed by atoms with Crippen LogP contribution in [-0.4, -0.2) is 54.1 Å². The number of fused-ring (bicyclic) bond motifs is 2. The van der Waals surface area contributed by atoms with E-state index in [4.69, 9.17) is 19.6 Å². The fraction of sp³-hybridized carbons (Fsp3) is 0.300. The number of rotatable bonds is 5. The lowest BCUT2D eigenvalue weighted by Crippen LogP contribution is -2.36. The van der Waals surface area contributed by atoms with Gasteiger partial charge in [-0.1, -0.05) is 6.07 Å². The maximum absolute atomic E-state index is 6.15. The zero-order valence-electron chi connectivity index (χ0n) is 15.4. The predicted molar refractivity (Wildman–Crippen MR) is 106 cm³/mol. The van der Waals surface area contributed by atoms with Crippen molar-refractivity contribution < 1.29 is 13.9 Å². The molecule has 0 radical (unpaired) electrons. The van der Waals surface area contributed by atoms with Crippen molar-refractivity contribution in [3.05, 3.63) is 42.6 Å². The second-order valence-electron chi connectivity index (χ2n) is 6.62. The highest BCUT2D eigenvalue weighted by molar-refractivity contribution is 5.94. The molecule has 0 bridgehead atoms. The van der Waals surface area contributed by atoms with Crippen LogP contribution in [0.2, 0.25) is 0 Å². The van der Waals surface area contributed by atoms with Gasteiger partial charge in [-0.3, -0.25) is 0 Å². The molecule has 1 aromatic carbocycles. The average molecular weight is 379 g/mol. The Morgan fingerprint density at radius 2 is 2.04 bits per heavy atom. The number of aromatic nitrogens is 3. The third-order valence-corrected chi connectivity index (χ3v) is 4.85. The highest BCUT2D eigenvalue weighted by atomic mass is 16.5. The molecule has 0 aliphatic carbocycles. The smallest absolute Gasteiger partial charge is 0.231 e. The van der Waals surface area contributed by atoms with Gasteiger partial charge in [0.25, 0.3) is 0 Å². The molecule has 1 aliphatic heterocycles. The summed E-state index contributed by atoms with van der Waals surface area (Å²) in [5.41, 5.74) is 9.01. The summed E-state index contributed by atoms with van der Waals surface area (Å²) in [5.74, 6) is 1.22. The summed E-state index contributed by atoms with van der Waals surface area (Å²) >= 11 is 0. The van der Waals surface area contributed by atoms with Crippen LogP contribution in [-0.2, 0) is 4.74 Å². The number of furan rings is 1. The summed E-state index contributed by atoms with van der Waals surface area (Å²) < 4.78 is 18.9. The Labute approximate surface area is 161 Å². The highest BCUT2D eigenvalue weighted by Crippen LogP contribution is 2.34. The number of nitrogens with two attached hydrogens (primary N) is 1. The second-order valence-corrected chi connectivity index (χ2v) is 6.62. The van der Waals surface area contributed by atoms with Gasteiger partial charge in [0, 0.05) is 36.8 Å². The van der Waals surface area contributed by atoms with E-state index in [9.17, 15) is 0 Å². The number of anilines is 1. The molecule has 1 saturated heterocycles. The van der Waals surface area contributed by atoms with Crippen LogP contribution >= 0.6 is 0 Å². The third kappa shape index (κ3) is 2.96. The lowest BCUT2D eigenvalue weighted by atomic mass is 10.2. The molecular weight excluding hydrogens is 358 g/mol. The van der Waals surface area contributed by atoms with Gasteiger partial charge in [-0.25, -0.2) is 9.50 Å². The zero-order chi connectivity index (χ0) is 18.9. The number of ether oxygens (including phenoxy) is 2. The van der Waals surface area contributed by atoms with E-state index in [2.05, 4.69) is 27.1 Å². The Hall–Kier alpha value is -3.10. The molecule has 4 heterocycles. The lowest BCUT2D eigenvalue weighted by molar-refractivity contribution is 0.123. The summed E-state index contributed by atoms with van der Waals surface area (Å²) in [6, 6.07) is 11.8. The minimum atomic E-state index is 0.413. The molecule has 144 valence electrons. The molecule has 4 aromatic rings. The third-order valence-electron chi connectivity index (χ3n) is 4.85. The maximum atomic E-state index is 6.15. The number of hydrogen-bond donors (Lipinski definition) is 1. The molecule has 8 heteroatoms. The molecule has 2 N–H and O–H groups in total. The van der Waals surface area contributed by atoms with Gasteiger partial charge in [-0.05, 0) is 24.3 Å². The minimum Gasteiger partial charge on any atom is -0.475 e. The molecule has 28 heavy (non-hydrogen) atoms. The predicted octanol–water partition coefficient (Wildman–Crippen LogP) is 2.32. The summed E-state index contributed by atoms with van der Waals surface area (Å²) in [6.07, 6.45) is 1.77. The van der Waals surface area contributed by atoms with E-state index in [0.717, 1.165) is 54.3 Å². The number of imidazole rings is 1. The molecule has 5 rings (SSSR count). The minimum absolute atomic E-state index is 0.413. The topological polar surface area (TPSA) is 91.0 Å². The summed E-state index contributed by atoms with van der Waals surface area (Å²) in [7, 11) is 0. The number of nitrogens with zero attached hydrogens (tertiary/aromatic N) is 4. The molecule has 0 amide bonds. The van der Waals surface area contributed by atoms with Crippen molar-refractivity contribution in [1.29, 1.82) is 0 Å². The molecule has 0 saturated carbocycles. The quantitative estimate of drug-likeness (QED) is 0.569. The molecule has 0 spiro atoms. The van der Waals surface area contributed by atoms with Gasteiger partial charge in [0.05, 0.1) is 19.4 Å². The number of hydrogen-bond acceptors (Lipinski definition) is 7. The van der Waals surface area contributed by atoms with E-state index in [1.165, 1.54) is 0 Å². The number of benzene rings is 1. The largest absolute Gasteiger partial charge is 0.475 e. The standard InChI is InChI=1S/C20H21N5O3/c21-6-9-27-20-5-4-19-22-13-16(25(19)23-20)18-12-14-15(2-1-3-17(14)28-18)24-7-10-26-11-8-24/h1-5,12-13H,6-11,21H2. The Morgan fingerprint density at radius 3 is 2.89 bits per heavy atom. The molecule has 8 nitrogen and oxygen atoms in total. The van der Waals surface area contributed by atoms with E-state index in [-0.39, 0.29) is 0 Å². The van der Waals surface area contributed by atoms with Crippen molar-refractivity contribution in [2.45, 2.75) is 0 Å². The van der Waals surface area contributed by atoms with E-state index in [1.807, 2.05) is 18.2 Å². The van der Waals surface area contributed by atoms with Crippen LogP contribution in [0.1, 0.15) is 0 Å². The van der Waals surface area contributed by atoms with Crippen LogP contribution in [0.15, 0.2) is 47.0 Å². The van der Waals surface area contributed by atoms with Gasteiger partial charge < -0.3 is 24.5 Å². The average Bonchev–Trinajstić information content (AvgIpc) is 3.36. The fourth-order valence-electron chi connectivity index (χ4n) is 3.52. The molecule has 0 unspecified atom stereocenters. The van der Waals surface area contributed by atoms with Gasteiger partial charge in [-0.15, -0.1) is 5.10 Å². The zero-order valence-corrected chi connectivity index (χ0v) is 15.4. The van der Waals surface area contributed by atoms with Crippen LogP contribution in [0, 0.1) is 0 Å². The van der Waals surface area contributed by atoms with Crippen LogP contribution in [0.25, 0.3) is 28.1 Å². The van der Waals surface area contributed by atoms with Crippen molar-refractivity contribution in [3.8, 4) is 17.3 Å². The van der Waals surface area contributed by atoms with Crippen LogP contribution in [0.4, 0.5) is 5.69 Å². The maximum Gasteiger partial charge on any atom is 0.231 e. The van der Waals surface area contributed by atoms with Crippen LogP contribution < -0.4 is 15.4 Å². The van der Waals surface area contributed by atoms with Gasteiger partial charge in [0.1, 0.15) is 17.9 Å². The van der Waals surface area contributed by atoms with Crippen molar-refractivity contribution in [2.24, 2.45) is 5.73 Å². The first-order chi connectivity index (χ1) is 13.8. The first-order valence-corrected chi connectivity index (χ1v) is 9.37. The molecule has 0 atom stereocenters. The summed E-state index contributed by atoms with van der Waals surface area (Å²) in [6.45, 7) is 4.07. The Morgan fingerprint density at radius 1 is 1.14 bits per heavy atom. The first-order valence-electron chi connectivity index (χ1n) is 9.37. The van der Waals surface area contributed by atoms with Crippen molar-refractivity contribution >= 4 is 22.3 Å². The van der Waals surface area contributed by atoms with Crippen molar-refractivity contribution in [2.75, 3.05) is 44.4 Å². The van der Waals surface area contributed by atoms with Gasteiger partial charge in [-0.2, -0.15) is 0 Å². The molecule has 1 fully saturated rings. The van der Waals surface area contributed by atoms with E-state index < -0.39 is 0 Å². The Kier molecular flexibility index (Phi) is 4.34. The number of morpholine rings is 1. The Balaban J connectivity index is 1.57. The lowest BCUT2D eigenvalue weighted by Gasteiger charge is -2.29. The molecular formula is C20H21N5O3. The second kappa shape index (κ2) is 7.14. The van der Waals surface area contributed by atoms with Gasteiger partial charge in [0.2, 0.25) is 5.88 Å². The normalized spacial score (nSPS) is 14.8. The Bertz CT molecular complexity index is 1110. The summed E-state index contributed by atoms with van der Waals surface area (Å²) in [5, 5.41) is 5.59. The van der Waals surface area contributed by atoms with Gasteiger partial charge >= 0.3 is 0 Å². The monoisotopic (exact) mass is 379 g/mol. The SMILES string of the molecule is NCCOc1ccc2ncc(-c3cc4c(N5CCOCC5)cccc4o3)n2n1. The molecule has 1 aliphatic rings. The summed E-state index contributed by atoms with van der Waals surface area (Å²) in [4.78, 5) is 6.76. The van der Waals surface area contributed by atoms with E-state index >= 15 is 0 Å².